The van der Waals surface area contributed by atoms with Gasteiger partial charge in [0, 0.05) is 24.8 Å². The Morgan fingerprint density at radius 2 is 1.77 bits per heavy atom. The van der Waals surface area contributed by atoms with E-state index in [1.165, 1.54) is 0 Å². The molecule has 0 aliphatic carbocycles. The normalized spacial score (nSPS) is 19.9. The molecule has 1 saturated heterocycles. The highest BCUT2D eigenvalue weighted by molar-refractivity contribution is 5.91. The minimum Gasteiger partial charge on any atom is -1.00 e. The van der Waals surface area contributed by atoms with Crippen LogP contribution in [0.5, 0.6) is 0 Å². The molecule has 2 aromatic carbocycles. The van der Waals surface area contributed by atoms with Gasteiger partial charge in [-0.3, -0.25) is 5.32 Å². The number of quaternary nitrogens is 1. The minimum atomic E-state index is -0.462. The van der Waals surface area contributed by atoms with Crippen molar-refractivity contribution in [1.82, 2.24) is 0 Å². The number of nitrogens with one attached hydrogen (secondary N) is 1. The van der Waals surface area contributed by atoms with Crippen molar-refractivity contribution in [2.75, 3.05) is 38.7 Å². The van der Waals surface area contributed by atoms with Gasteiger partial charge in [0.05, 0.1) is 38.5 Å². The van der Waals surface area contributed by atoms with Crippen LogP contribution in [0.2, 0.25) is 0 Å². The monoisotopic (exact) mass is 490 g/mol. The zero-order chi connectivity index (χ0) is 21.4. The molecule has 0 aromatic heterocycles. The van der Waals surface area contributed by atoms with Crippen LogP contribution in [-0.2, 0) is 14.3 Å². The van der Waals surface area contributed by atoms with E-state index in [2.05, 4.69) is 12.4 Å². The van der Waals surface area contributed by atoms with Crippen LogP contribution in [0.25, 0.3) is 11.1 Å². The summed E-state index contributed by atoms with van der Waals surface area (Å²) in [6, 6.07) is 17.9. The molecule has 3 rings (SSSR count). The van der Waals surface area contributed by atoms with E-state index in [0.717, 1.165) is 42.6 Å². The van der Waals surface area contributed by atoms with Crippen LogP contribution in [0.15, 0.2) is 54.6 Å². The first kappa shape index (κ1) is 24.9. The summed E-state index contributed by atoms with van der Waals surface area (Å²) in [5.74, 6) is -0.164. The number of ether oxygens (including phenoxy) is 2. The second-order valence-electron chi connectivity index (χ2n) is 7.92. The van der Waals surface area contributed by atoms with Gasteiger partial charge in [0.2, 0.25) is 0 Å². The quantitative estimate of drug-likeness (QED) is 0.449. The van der Waals surface area contributed by atoms with Gasteiger partial charge in [0.15, 0.2) is 6.54 Å². The third-order valence-electron chi connectivity index (χ3n) is 5.82. The van der Waals surface area contributed by atoms with Gasteiger partial charge in [0.1, 0.15) is 0 Å². The number of rotatable bonds is 8. The first-order valence-corrected chi connectivity index (χ1v) is 10.6. The smallest absolute Gasteiger partial charge is 0.411 e. The summed E-state index contributed by atoms with van der Waals surface area (Å²) in [5.41, 5.74) is 2.70. The van der Waals surface area contributed by atoms with Crippen LogP contribution in [0, 0.1) is 0 Å². The molecule has 31 heavy (non-hydrogen) atoms. The van der Waals surface area contributed by atoms with Crippen LogP contribution < -0.4 is 22.3 Å². The van der Waals surface area contributed by atoms with Gasteiger partial charge < -0.3 is 30.9 Å². The number of nitrogens with zero attached hydrogens (tertiary/aromatic N) is 1. The number of esters is 1. The first-order valence-electron chi connectivity index (χ1n) is 10.6. The lowest BCUT2D eigenvalue weighted by Gasteiger charge is -2.35. The highest BCUT2D eigenvalue weighted by atomic mass is 79.9. The van der Waals surface area contributed by atoms with Crippen molar-refractivity contribution in [3.05, 3.63) is 54.6 Å². The van der Waals surface area contributed by atoms with E-state index >= 15 is 0 Å². The number of carbonyl (C=O) groups excluding carboxylic acids is 2. The minimum absolute atomic E-state index is 0. The third-order valence-corrected chi connectivity index (χ3v) is 5.82. The molecule has 0 radical (unpaired) electrons. The lowest BCUT2D eigenvalue weighted by atomic mass is 10.0. The highest BCUT2D eigenvalue weighted by Gasteiger charge is 2.39. The van der Waals surface area contributed by atoms with Crippen molar-refractivity contribution in [3.63, 3.8) is 0 Å². The fraction of sp³-hybridized carbons (Fsp3) is 0.417. The first-order chi connectivity index (χ1) is 14.5. The average Bonchev–Trinajstić information content (AvgIpc) is 3.09. The molecule has 1 aliphatic rings. The number of benzene rings is 2. The highest BCUT2D eigenvalue weighted by Crippen LogP contribution is 2.29. The number of halogens is 1. The maximum Gasteiger partial charge on any atom is 0.411 e. The van der Waals surface area contributed by atoms with E-state index in [0.29, 0.717) is 30.3 Å². The predicted octanol–water partition coefficient (Wildman–Crippen LogP) is 1.47. The number of anilines is 1. The molecule has 0 saturated carbocycles. The molecular formula is C24H31BrN2O4. The topological polar surface area (TPSA) is 64.6 Å². The zero-order valence-electron chi connectivity index (χ0n) is 18.2. The second kappa shape index (κ2) is 11.9. The summed E-state index contributed by atoms with van der Waals surface area (Å²) >= 11 is 0. The van der Waals surface area contributed by atoms with Crippen molar-refractivity contribution in [1.29, 1.82) is 0 Å². The maximum absolute atomic E-state index is 12.4. The Labute approximate surface area is 194 Å². The number of carbonyl (C=O) groups is 2. The maximum atomic E-state index is 12.4. The van der Waals surface area contributed by atoms with Crippen molar-refractivity contribution < 1.29 is 40.5 Å². The molecule has 6 nitrogen and oxygen atoms in total. The number of likely N-dealkylation sites (N-methyl/N-ethyl adjacent to an activating group) is 1. The summed E-state index contributed by atoms with van der Waals surface area (Å²) in [7, 11) is 2.09. The molecule has 2 aromatic rings. The van der Waals surface area contributed by atoms with Crippen LogP contribution in [0.3, 0.4) is 0 Å². The summed E-state index contributed by atoms with van der Waals surface area (Å²) in [4.78, 5) is 24.3. The summed E-state index contributed by atoms with van der Waals surface area (Å²) in [5, 5.41) is 2.86. The standard InChI is InChI=1S/C24H30N2O4.BrH/c1-3-29-23(27)18-26(2)16-9-12-20(26)15-17-30-24(28)25-22-14-8-7-13-21(22)19-10-5-4-6-11-19;/h4-8,10-11,13-14,20H,3,9,12,15-18H2,1-2H3;1H. The van der Waals surface area contributed by atoms with E-state index in [1.54, 1.807) is 0 Å². The Bertz CT molecular complexity index is 862. The lowest BCUT2D eigenvalue weighted by Crippen LogP contribution is -3.00. The molecule has 1 amide bonds. The van der Waals surface area contributed by atoms with Gasteiger partial charge >= 0.3 is 12.1 Å². The molecule has 0 bridgehead atoms. The number of hydrogen-bond donors (Lipinski definition) is 1. The van der Waals surface area contributed by atoms with Crippen molar-refractivity contribution in [2.45, 2.75) is 32.2 Å². The molecule has 2 atom stereocenters. The molecule has 1 N–H and O–H groups in total. The van der Waals surface area contributed by atoms with Crippen LogP contribution in [0.1, 0.15) is 26.2 Å². The average molecular weight is 491 g/mol. The summed E-state index contributed by atoms with van der Waals surface area (Å²) in [6.45, 7) is 3.86. The molecular weight excluding hydrogens is 460 g/mol. The van der Waals surface area contributed by atoms with Gasteiger partial charge in [-0.05, 0) is 18.6 Å². The van der Waals surface area contributed by atoms with Gasteiger partial charge in [-0.15, -0.1) is 0 Å². The van der Waals surface area contributed by atoms with Gasteiger partial charge in [-0.1, -0.05) is 48.5 Å². The molecule has 0 spiro atoms. The number of amides is 1. The van der Waals surface area contributed by atoms with Gasteiger partial charge in [-0.2, -0.15) is 0 Å². The Morgan fingerprint density at radius 1 is 1.06 bits per heavy atom. The van der Waals surface area contributed by atoms with Crippen LogP contribution in [-0.4, -0.2) is 55.9 Å². The summed E-state index contributed by atoms with van der Waals surface area (Å²) in [6.07, 6.45) is 2.36. The molecule has 168 valence electrons. The molecule has 2 unspecified atom stereocenters. The summed E-state index contributed by atoms with van der Waals surface area (Å²) < 4.78 is 11.2. The Hall–Kier alpha value is -2.38. The Morgan fingerprint density at radius 3 is 2.52 bits per heavy atom. The van der Waals surface area contributed by atoms with Crippen molar-refractivity contribution in [2.24, 2.45) is 0 Å². The predicted molar refractivity (Wildman–Crippen MR) is 117 cm³/mol. The van der Waals surface area contributed by atoms with Gasteiger partial charge in [0.25, 0.3) is 0 Å². The van der Waals surface area contributed by atoms with E-state index in [-0.39, 0.29) is 23.0 Å². The largest absolute Gasteiger partial charge is 1.00 e. The number of para-hydroxylation sites is 1. The molecule has 7 heteroatoms. The Balaban J connectivity index is 0.00000341. The van der Waals surface area contributed by atoms with E-state index in [1.807, 2.05) is 61.5 Å². The van der Waals surface area contributed by atoms with Crippen LogP contribution in [0.4, 0.5) is 10.5 Å². The Kier molecular flexibility index (Phi) is 9.52. The van der Waals surface area contributed by atoms with Crippen molar-refractivity contribution in [3.8, 4) is 11.1 Å². The van der Waals surface area contributed by atoms with Gasteiger partial charge in [-0.25, -0.2) is 9.59 Å². The number of hydrogen-bond acceptors (Lipinski definition) is 4. The van der Waals surface area contributed by atoms with E-state index < -0.39 is 6.09 Å². The number of likely N-dealkylation sites (tertiary alicyclic amines) is 1. The molecule has 1 heterocycles. The molecule has 1 fully saturated rings. The zero-order valence-corrected chi connectivity index (χ0v) is 19.8. The third kappa shape index (κ3) is 6.80. The van der Waals surface area contributed by atoms with E-state index in [9.17, 15) is 9.59 Å². The molecule has 1 aliphatic heterocycles. The fourth-order valence-electron chi connectivity index (χ4n) is 4.24. The van der Waals surface area contributed by atoms with Crippen molar-refractivity contribution >= 4 is 17.7 Å². The lowest BCUT2D eigenvalue weighted by molar-refractivity contribution is -0.914. The SMILES string of the molecule is CCOC(=O)C[N+]1(C)CCCC1CCOC(=O)Nc1ccccc1-c1ccccc1.[Br-]. The fourth-order valence-corrected chi connectivity index (χ4v) is 4.24. The second-order valence-corrected chi connectivity index (χ2v) is 7.92. The van der Waals surface area contributed by atoms with Crippen LogP contribution >= 0.6 is 0 Å². The van der Waals surface area contributed by atoms with E-state index in [4.69, 9.17) is 9.47 Å².